The molecule has 1 aromatic carbocycles. The average molecular weight is 244 g/mol. The molecule has 1 heterocycles. The molecule has 2 atom stereocenters. The summed E-state index contributed by atoms with van der Waals surface area (Å²) in [6.07, 6.45) is -0.414. The smallest absolute Gasteiger partial charge is 0.184 e. The first-order valence-corrected chi connectivity index (χ1v) is 5.43. The second kappa shape index (κ2) is 5.01. The van der Waals surface area contributed by atoms with Gasteiger partial charge in [0.05, 0.1) is 24.8 Å². The molecule has 4 nitrogen and oxygen atoms in total. The van der Waals surface area contributed by atoms with E-state index >= 15 is 0 Å². The molecule has 2 rings (SSSR count). The van der Waals surface area contributed by atoms with Gasteiger partial charge in [0.2, 0.25) is 0 Å². The summed E-state index contributed by atoms with van der Waals surface area (Å²) in [6, 6.07) is 5.44. The van der Waals surface area contributed by atoms with Crippen LogP contribution in [0.1, 0.15) is 11.9 Å². The van der Waals surface area contributed by atoms with E-state index in [-0.39, 0.29) is 12.4 Å². The lowest BCUT2D eigenvalue weighted by Crippen LogP contribution is -2.21. The van der Waals surface area contributed by atoms with Crippen molar-refractivity contribution in [3.05, 3.63) is 28.8 Å². The summed E-state index contributed by atoms with van der Waals surface area (Å²) < 4.78 is 16.1. The van der Waals surface area contributed by atoms with Crippen molar-refractivity contribution >= 4 is 11.6 Å². The first-order chi connectivity index (χ1) is 7.74. The molecule has 0 amide bonds. The number of halogens is 1. The van der Waals surface area contributed by atoms with Gasteiger partial charge in [0.1, 0.15) is 5.75 Å². The Morgan fingerprint density at radius 3 is 2.94 bits per heavy atom. The highest BCUT2D eigenvalue weighted by Crippen LogP contribution is 2.32. The fraction of sp³-hybridized carbons (Fsp3) is 0.455. The molecular formula is C11H14ClNO3. The molecule has 0 aliphatic carbocycles. The standard InChI is InChI=1S/C11H14ClNO3/c1-14-10-3-2-7(4-9(10)12)11-15-6-8(5-13)16-11/h2-4,8,11H,5-6,13H2,1H3. The van der Waals surface area contributed by atoms with Gasteiger partial charge in [0.15, 0.2) is 6.29 Å². The van der Waals surface area contributed by atoms with E-state index in [1.54, 1.807) is 19.2 Å². The monoisotopic (exact) mass is 243 g/mol. The quantitative estimate of drug-likeness (QED) is 0.878. The van der Waals surface area contributed by atoms with Crippen LogP contribution >= 0.6 is 11.6 Å². The lowest BCUT2D eigenvalue weighted by molar-refractivity contribution is -0.0585. The van der Waals surface area contributed by atoms with Crippen molar-refractivity contribution in [2.45, 2.75) is 12.4 Å². The molecule has 1 fully saturated rings. The Morgan fingerprint density at radius 2 is 2.38 bits per heavy atom. The molecule has 5 heteroatoms. The predicted octanol–water partition coefficient (Wildman–Crippen LogP) is 1.72. The van der Waals surface area contributed by atoms with Gasteiger partial charge in [-0.1, -0.05) is 17.7 Å². The maximum atomic E-state index is 6.02. The van der Waals surface area contributed by atoms with E-state index in [1.165, 1.54) is 0 Å². The van der Waals surface area contributed by atoms with Crippen molar-refractivity contribution in [1.82, 2.24) is 0 Å². The van der Waals surface area contributed by atoms with E-state index in [9.17, 15) is 0 Å². The van der Waals surface area contributed by atoms with E-state index in [2.05, 4.69) is 0 Å². The van der Waals surface area contributed by atoms with E-state index in [0.717, 1.165) is 5.56 Å². The predicted molar refractivity (Wildman–Crippen MR) is 60.6 cm³/mol. The molecular weight excluding hydrogens is 230 g/mol. The number of benzene rings is 1. The van der Waals surface area contributed by atoms with Gasteiger partial charge in [0.25, 0.3) is 0 Å². The fourth-order valence-electron chi connectivity index (χ4n) is 1.58. The van der Waals surface area contributed by atoms with E-state index in [4.69, 9.17) is 31.5 Å². The van der Waals surface area contributed by atoms with Gasteiger partial charge in [-0.05, 0) is 12.1 Å². The molecule has 0 spiro atoms. The third-order valence-electron chi connectivity index (χ3n) is 2.46. The Kier molecular flexibility index (Phi) is 3.66. The second-order valence-corrected chi connectivity index (χ2v) is 3.96. The van der Waals surface area contributed by atoms with Crippen molar-refractivity contribution in [1.29, 1.82) is 0 Å². The van der Waals surface area contributed by atoms with E-state index in [0.29, 0.717) is 23.9 Å². The lowest BCUT2D eigenvalue weighted by Gasteiger charge is -2.12. The maximum absolute atomic E-state index is 6.02. The first-order valence-electron chi connectivity index (χ1n) is 5.05. The number of nitrogens with two attached hydrogens (primary N) is 1. The van der Waals surface area contributed by atoms with E-state index in [1.807, 2.05) is 6.07 Å². The Hall–Kier alpha value is -0.810. The SMILES string of the molecule is COc1ccc(C2OCC(CN)O2)cc1Cl. The van der Waals surface area contributed by atoms with Crippen LogP contribution in [0.4, 0.5) is 0 Å². The minimum absolute atomic E-state index is 0.0362. The highest BCUT2D eigenvalue weighted by molar-refractivity contribution is 6.32. The zero-order valence-electron chi connectivity index (χ0n) is 8.98. The third-order valence-corrected chi connectivity index (χ3v) is 2.76. The van der Waals surface area contributed by atoms with Gasteiger partial charge >= 0.3 is 0 Å². The van der Waals surface area contributed by atoms with Crippen LogP contribution in [0, 0.1) is 0 Å². The van der Waals surface area contributed by atoms with Crippen LogP contribution in [-0.2, 0) is 9.47 Å². The molecule has 16 heavy (non-hydrogen) atoms. The lowest BCUT2D eigenvalue weighted by atomic mass is 10.2. The maximum Gasteiger partial charge on any atom is 0.184 e. The molecule has 1 aliphatic rings. The van der Waals surface area contributed by atoms with Crippen molar-refractivity contribution in [2.24, 2.45) is 5.73 Å². The molecule has 0 aromatic heterocycles. The largest absolute Gasteiger partial charge is 0.495 e. The van der Waals surface area contributed by atoms with Crippen LogP contribution < -0.4 is 10.5 Å². The highest BCUT2D eigenvalue weighted by atomic mass is 35.5. The number of ether oxygens (including phenoxy) is 3. The van der Waals surface area contributed by atoms with Gasteiger partial charge < -0.3 is 19.9 Å². The molecule has 88 valence electrons. The van der Waals surface area contributed by atoms with Gasteiger partial charge in [-0.25, -0.2) is 0 Å². The Labute approximate surface area is 99.2 Å². The number of hydrogen-bond acceptors (Lipinski definition) is 4. The minimum atomic E-state index is -0.378. The highest BCUT2D eigenvalue weighted by Gasteiger charge is 2.26. The van der Waals surface area contributed by atoms with Gasteiger partial charge in [0, 0.05) is 12.1 Å². The zero-order valence-corrected chi connectivity index (χ0v) is 9.74. The fourth-order valence-corrected chi connectivity index (χ4v) is 1.84. The summed E-state index contributed by atoms with van der Waals surface area (Å²) in [7, 11) is 1.58. The van der Waals surface area contributed by atoms with Crippen LogP contribution in [0.2, 0.25) is 5.02 Å². The Morgan fingerprint density at radius 1 is 1.56 bits per heavy atom. The minimum Gasteiger partial charge on any atom is -0.495 e. The molecule has 1 aliphatic heterocycles. The van der Waals surface area contributed by atoms with Crippen molar-refractivity contribution in [3.8, 4) is 5.75 Å². The third kappa shape index (κ3) is 2.30. The number of hydrogen-bond donors (Lipinski definition) is 1. The van der Waals surface area contributed by atoms with Gasteiger partial charge in [-0.15, -0.1) is 0 Å². The van der Waals surface area contributed by atoms with Crippen LogP contribution in [0.25, 0.3) is 0 Å². The van der Waals surface area contributed by atoms with Crippen LogP contribution in [0.5, 0.6) is 5.75 Å². The first kappa shape index (κ1) is 11.7. The zero-order chi connectivity index (χ0) is 11.5. The summed E-state index contributed by atoms with van der Waals surface area (Å²) in [4.78, 5) is 0. The van der Waals surface area contributed by atoms with Gasteiger partial charge in [-0.2, -0.15) is 0 Å². The van der Waals surface area contributed by atoms with Crippen molar-refractivity contribution < 1.29 is 14.2 Å². The van der Waals surface area contributed by atoms with Crippen LogP contribution in [-0.4, -0.2) is 26.4 Å². The van der Waals surface area contributed by atoms with E-state index < -0.39 is 0 Å². The molecule has 2 N–H and O–H groups in total. The van der Waals surface area contributed by atoms with Gasteiger partial charge in [-0.3, -0.25) is 0 Å². The molecule has 0 saturated carbocycles. The normalized spacial score (nSPS) is 24.7. The molecule has 1 aromatic rings. The van der Waals surface area contributed by atoms with Crippen LogP contribution in [0.3, 0.4) is 0 Å². The summed E-state index contributed by atoms with van der Waals surface area (Å²) in [5.41, 5.74) is 6.38. The number of rotatable bonds is 3. The Balaban J connectivity index is 2.13. The summed E-state index contributed by atoms with van der Waals surface area (Å²) in [5.74, 6) is 0.638. The Bertz CT molecular complexity index is 372. The van der Waals surface area contributed by atoms with Crippen molar-refractivity contribution in [2.75, 3.05) is 20.3 Å². The number of methoxy groups -OCH3 is 1. The average Bonchev–Trinajstić information content (AvgIpc) is 2.77. The summed E-state index contributed by atoms with van der Waals surface area (Å²) in [6.45, 7) is 0.977. The topological polar surface area (TPSA) is 53.7 Å². The molecule has 0 radical (unpaired) electrons. The molecule has 2 unspecified atom stereocenters. The molecule has 0 bridgehead atoms. The summed E-state index contributed by atoms with van der Waals surface area (Å²) >= 11 is 6.02. The molecule has 1 saturated heterocycles. The second-order valence-electron chi connectivity index (χ2n) is 3.55. The van der Waals surface area contributed by atoms with Crippen LogP contribution in [0.15, 0.2) is 18.2 Å². The van der Waals surface area contributed by atoms with Crippen molar-refractivity contribution in [3.63, 3.8) is 0 Å². The summed E-state index contributed by atoms with van der Waals surface area (Å²) in [5, 5.41) is 0.545.